The first kappa shape index (κ1) is 26.9. The van der Waals surface area contributed by atoms with Gasteiger partial charge in [-0.3, -0.25) is 9.59 Å². The molecule has 5 rings (SSSR count). The van der Waals surface area contributed by atoms with Crippen LogP contribution in [0.3, 0.4) is 0 Å². The van der Waals surface area contributed by atoms with Gasteiger partial charge in [0, 0.05) is 12.6 Å². The highest BCUT2D eigenvalue weighted by atomic mass is 32.2. The fourth-order valence-electron chi connectivity index (χ4n) is 7.03. The number of sulfonamides is 1. The van der Waals surface area contributed by atoms with Gasteiger partial charge in [0.25, 0.3) is 0 Å². The monoisotopic (exact) mass is 529 g/mol. The van der Waals surface area contributed by atoms with Crippen molar-refractivity contribution in [1.29, 1.82) is 0 Å². The van der Waals surface area contributed by atoms with Crippen molar-refractivity contribution in [3.05, 3.63) is 29.8 Å². The number of nitrogens with zero attached hydrogens (tertiary/aromatic N) is 1. The summed E-state index contributed by atoms with van der Waals surface area (Å²) < 4.78 is 69.1. The van der Waals surface area contributed by atoms with E-state index in [1.54, 1.807) is 6.92 Å². The second-order valence-corrected chi connectivity index (χ2v) is 13.0. The van der Waals surface area contributed by atoms with Gasteiger partial charge in [-0.15, -0.1) is 0 Å². The Morgan fingerprint density at radius 3 is 2.22 bits per heavy atom. The molecule has 3 unspecified atom stereocenters. The van der Waals surface area contributed by atoms with Crippen molar-refractivity contribution >= 4 is 21.8 Å². The number of halogens is 3. The molecule has 4 aliphatic rings. The zero-order valence-electron chi connectivity index (χ0n) is 20.8. The van der Waals surface area contributed by atoms with E-state index in [0.29, 0.717) is 24.7 Å². The van der Waals surface area contributed by atoms with E-state index in [9.17, 15) is 31.2 Å². The number of alkyl halides is 3. The Labute approximate surface area is 210 Å². The van der Waals surface area contributed by atoms with E-state index in [2.05, 4.69) is 5.32 Å². The Bertz CT molecular complexity index is 1140. The quantitative estimate of drug-likeness (QED) is 0.535. The van der Waals surface area contributed by atoms with Gasteiger partial charge in [0.2, 0.25) is 21.8 Å². The van der Waals surface area contributed by atoms with Crippen molar-refractivity contribution in [3.63, 3.8) is 0 Å². The summed E-state index contributed by atoms with van der Waals surface area (Å²) in [6, 6.07) is 3.46. The molecule has 4 saturated carbocycles. The smallest absolute Gasteiger partial charge is 0.369 e. The topological polar surface area (TPSA) is 110 Å². The number of carbonyl (C=O) groups is 2. The average Bonchev–Trinajstić information content (AvgIpc) is 2.78. The Morgan fingerprint density at radius 1 is 1.11 bits per heavy atom. The molecular formula is C25H34F3N3O4S. The normalized spacial score (nSPS) is 30.0. The number of benzene rings is 1. The molecule has 0 aromatic heterocycles. The molecule has 1 aromatic rings. The van der Waals surface area contributed by atoms with E-state index < -0.39 is 55.5 Å². The zero-order chi connectivity index (χ0) is 26.7. The SMILES string of the molecule is CCCN(C(C)(C)C(=O)NC1C2CC3CC(C2)CC1(C(N)=O)C3)S(=O)(=O)c1ccccc1C(F)(F)F. The Morgan fingerprint density at radius 2 is 1.69 bits per heavy atom. The van der Waals surface area contributed by atoms with Crippen LogP contribution in [0.4, 0.5) is 13.2 Å². The minimum absolute atomic E-state index is 0.0608. The lowest BCUT2D eigenvalue weighted by Gasteiger charge is -2.60. The maximum Gasteiger partial charge on any atom is 0.417 e. The first-order chi connectivity index (χ1) is 16.6. The summed E-state index contributed by atoms with van der Waals surface area (Å²) in [5.41, 5.74) is 1.99. The highest BCUT2D eigenvalue weighted by molar-refractivity contribution is 7.89. The molecule has 3 atom stereocenters. The van der Waals surface area contributed by atoms with Crippen molar-refractivity contribution in [2.75, 3.05) is 6.54 Å². The highest BCUT2D eigenvalue weighted by Crippen LogP contribution is 2.60. The van der Waals surface area contributed by atoms with Crippen LogP contribution in [0.1, 0.15) is 64.9 Å². The second kappa shape index (κ2) is 9.01. The average molecular weight is 530 g/mol. The van der Waals surface area contributed by atoms with Crippen LogP contribution in [0.2, 0.25) is 0 Å². The fraction of sp³-hybridized carbons (Fsp3) is 0.680. The van der Waals surface area contributed by atoms with Gasteiger partial charge >= 0.3 is 6.18 Å². The van der Waals surface area contributed by atoms with Gasteiger partial charge in [0.1, 0.15) is 5.54 Å². The standard InChI is InChI=1S/C25H34F3N3O4S/c1-4-9-31(36(34,35)19-8-6-5-7-18(19)25(26,27)28)23(2,3)22(33)30-20-17-11-15-10-16(12-17)14-24(20,13-15)21(29)32/h5-8,15-17,20H,4,9-14H2,1-3H3,(H2,29,32)(H,30,33). The number of hydrogen-bond donors (Lipinski definition) is 2. The lowest BCUT2D eigenvalue weighted by molar-refractivity contribution is -0.153. The summed E-state index contributed by atoms with van der Waals surface area (Å²) in [7, 11) is -4.71. The van der Waals surface area contributed by atoms with Crippen LogP contribution in [0.25, 0.3) is 0 Å². The number of nitrogens with two attached hydrogens (primary N) is 1. The Hall–Kier alpha value is -2.14. The predicted octanol–water partition coefficient (Wildman–Crippen LogP) is 3.68. The number of nitrogens with one attached hydrogen (secondary N) is 1. The van der Waals surface area contributed by atoms with Crippen LogP contribution in [0.15, 0.2) is 29.2 Å². The van der Waals surface area contributed by atoms with Gasteiger partial charge < -0.3 is 11.1 Å². The van der Waals surface area contributed by atoms with E-state index in [1.165, 1.54) is 19.9 Å². The maximum absolute atomic E-state index is 13.7. The Balaban J connectivity index is 1.68. The molecule has 4 aliphatic carbocycles. The Kier molecular flexibility index (Phi) is 6.73. The first-order valence-corrected chi connectivity index (χ1v) is 13.9. The number of rotatable bonds is 8. The molecule has 0 heterocycles. The lowest BCUT2D eigenvalue weighted by atomic mass is 9.47. The van der Waals surface area contributed by atoms with E-state index in [-0.39, 0.29) is 18.9 Å². The molecular weight excluding hydrogens is 495 g/mol. The van der Waals surface area contributed by atoms with Crippen LogP contribution < -0.4 is 11.1 Å². The minimum Gasteiger partial charge on any atom is -0.369 e. The van der Waals surface area contributed by atoms with E-state index in [4.69, 9.17) is 5.73 Å². The third-order valence-electron chi connectivity index (χ3n) is 8.46. The van der Waals surface area contributed by atoms with Gasteiger partial charge in [-0.05, 0) is 82.3 Å². The molecule has 4 bridgehead atoms. The molecule has 2 amide bonds. The summed E-state index contributed by atoms with van der Waals surface area (Å²) in [5.74, 6) is -0.284. The van der Waals surface area contributed by atoms with Gasteiger partial charge in [-0.2, -0.15) is 17.5 Å². The number of amides is 2. The molecule has 0 saturated heterocycles. The predicted molar refractivity (Wildman–Crippen MR) is 127 cm³/mol. The number of carbonyl (C=O) groups excluding carboxylic acids is 2. The van der Waals surface area contributed by atoms with Crippen molar-refractivity contribution in [1.82, 2.24) is 9.62 Å². The van der Waals surface area contributed by atoms with E-state index in [1.807, 2.05) is 0 Å². The summed E-state index contributed by atoms with van der Waals surface area (Å²) in [5, 5.41) is 2.96. The lowest BCUT2D eigenvalue weighted by Crippen LogP contribution is -2.69. The molecule has 36 heavy (non-hydrogen) atoms. The molecule has 200 valence electrons. The molecule has 0 aliphatic heterocycles. The third-order valence-corrected chi connectivity index (χ3v) is 10.6. The largest absolute Gasteiger partial charge is 0.417 e. The number of hydrogen-bond acceptors (Lipinski definition) is 4. The van der Waals surface area contributed by atoms with Gasteiger partial charge in [0.05, 0.1) is 15.9 Å². The van der Waals surface area contributed by atoms with Crippen molar-refractivity contribution in [3.8, 4) is 0 Å². The second-order valence-electron chi connectivity index (χ2n) is 11.2. The first-order valence-electron chi connectivity index (χ1n) is 12.4. The molecule has 0 spiro atoms. The molecule has 11 heteroatoms. The van der Waals surface area contributed by atoms with Crippen molar-refractivity contribution < 1.29 is 31.2 Å². The van der Waals surface area contributed by atoms with Crippen LogP contribution in [0, 0.1) is 23.2 Å². The third kappa shape index (κ3) is 4.31. The molecule has 7 nitrogen and oxygen atoms in total. The van der Waals surface area contributed by atoms with Gasteiger partial charge in [0.15, 0.2) is 0 Å². The highest BCUT2D eigenvalue weighted by Gasteiger charge is 2.61. The molecule has 4 fully saturated rings. The molecule has 1 aromatic carbocycles. The summed E-state index contributed by atoms with van der Waals surface area (Å²) >= 11 is 0. The maximum atomic E-state index is 13.7. The minimum atomic E-state index is -4.89. The van der Waals surface area contributed by atoms with Gasteiger partial charge in [-0.1, -0.05) is 19.1 Å². The van der Waals surface area contributed by atoms with Gasteiger partial charge in [-0.25, -0.2) is 8.42 Å². The van der Waals surface area contributed by atoms with Crippen LogP contribution in [0.5, 0.6) is 0 Å². The van der Waals surface area contributed by atoms with Crippen molar-refractivity contribution in [2.24, 2.45) is 28.9 Å². The van der Waals surface area contributed by atoms with E-state index in [0.717, 1.165) is 41.8 Å². The van der Waals surface area contributed by atoms with E-state index >= 15 is 0 Å². The van der Waals surface area contributed by atoms with Crippen molar-refractivity contribution in [2.45, 2.75) is 81.9 Å². The molecule has 3 N–H and O–H groups in total. The summed E-state index contributed by atoms with van der Waals surface area (Å²) in [6.07, 6.45) is -0.626. The summed E-state index contributed by atoms with van der Waals surface area (Å²) in [6.45, 7) is 4.30. The van der Waals surface area contributed by atoms with Crippen LogP contribution in [-0.4, -0.2) is 42.7 Å². The zero-order valence-corrected chi connectivity index (χ0v) is 21.6. The summed E-state index contributed by atoms with van der Waals surface area (Å²) in [4.78, 5) is 25.5. The van der Waals surface area contributed by atoms with Crippen LogP contribution in [-0.2, 0) is 25.8 Å². The van der Waals surface area contributed by atoms with Crippen LogP contribution >= 0.6 is 0 Å². The molecule has 0 radical (unpaired) electrons. The number of primary amides is 1. The fourth-order valence-corrected chi connectivity index (χ4v) is 9.09.